The maximum absolute atomic E-state index is 11.9. The van der Waals surface area contributed by atoms with Crippen LogP contribution in [0.5, 0.6) is 5.75 Å². The van der Waals surface area contributed by atoms with E-state index >= 15 is 0 Å². The lowest BCUT2D eigenvalue weighted by Crippen LogP contribution is -2.13. The van der Waals surface area contributed by atoms with E-state index in [2.05, 4.69) is 20.0 Å². The molecule has 19 heavy (non-hydrogen) atoms. The zero-order valence-electron chi connectivity index (χ0n) is 9.59. The van der Waals surface area contributed by atoms with Gasteiger partial charge in [-0.25, -0.2) is 4.98 Å². The van der Waals surface area contributed by atoms with Crippen molar-refractivity contribution in [3.05, 3.63) is 48.5 Å². The Labute approximate surface area is 107 Å². The quantitative estimate of drug-likeness (QED) is 0.921. The van der Waals surface area contributed by atoms with Gasteiger partial charge < -0.3 is 10.1 Å². The average Bonchev–Trinajstić information content (AvgIpc) is 2.41. The summed E-state index contributed by atoms with van der Waals surface area (Å²) in [5.74, 6) is -0.414. The summed E-state index contributed by atoms with van der Waals surface area (Å²) in [4.78, 5) is 19.3. The first-order valence-electron chi connectivity index (χ1n) is 5.27. The van der Waals surface area contributed by atoms with E-state index in [1.165, 1.54) is 42.9 Å². The van der Waals surface area contributed by atoms with Gasteiger partial charge in [-0.2, -0.15) is 8.78 Å². The van der Waals surface area contributed by atoms with Crippen molar-refractivity contribution in [2.45, 2.75) is 6.61 Å². The molecule has 0 aliphatic carbocycles. The van der Waals surface area contributed by atoms with Gasteiger partial charge in [-0.05, 0) is 24.3 Å². The van der Waals surface area contributed by atoms with Crippen LogP contribution in [0.4, 0.5) is 14.5 Å². The van der Waals surface area contributed by atoms with Gasteiger partial charge in [0.05, 0.1) is 6.20 Å². The number of nitrogens with one attached hydrogen (secondary N) is 1. The molecular weight excluding hydrogens is 256 g/mol. The van der Waals surface area contributed by atoms with Gasteiger partial charge in [-0.3, -0.25) is 9.78 Å². The SMILES string of the molecule is O=C(Nc1ccc(OC(F)F)cc1)c1cnccn1. The monoisotopic (exact) mass is 265 g/mol. The number of anilines is 1. The molecule has 1 N–H and O–H groups in total. The highest BCUT2D eigenvalue weighted by atomic mass is 19.3. The van der Waals surface area contributed by atoms with Crippen LogP contribution in [-0.2, 0) is 0 Å². The normalized spacial score (nSPS) is 10.3. The number of hydrogen-bond acceptors (Lipinski definition) is 4. The van der Waals surface area contributed by atoms with Crippen LogP contribution in [0.15, 0.2) is 42.9 Å². The Balaban J connectivity index is 2.02. The van der Waals surface area contributed by atoms with Crippen LogP contribution in [0.25, 0.3) is 0 Å². The smallest absolute Gasteiger partial charge is 0.387 e. The second kappa shape index (κ2) is 5.85. The molecule has 0 atom stereocenters. The zero-order chi connectivity index (χ0) is 13.7. The van der Waals surface area contributed by atoms with Gasteiger partial charge >= 0.3 is 6.61 Å². The maximum Gasteiger partial charge on any atom is 0.387 e. The van der Waals surface area contributed by atoms with Crippen LogP contribution in [0, 0.1) is 0 Å². The Morgan fingerprint density at radius 1 is 1.21 bits per heavy atom. The minimum Gasteiger partial charge on any atom is -0.435 e. The average molecular weight is 265 g/mol. The van der Waals surface area contributed by atoms with E-state index in [-0.39, 0.29) is 11.4 Å². The fourth-order valence-electron chi connectivity index (χ4n) is 1.33. The lowest BCUT2D eigenvalue weighted by Gasteiger charge is -2.06. The molecule has 0 aliphatic heterocycles. The molecule has 5 nitrogen and oxygen atoms in total. The standard InChI is InChI=1S/C12H9F2N3O2/c13-12(14)19-9-3-1-8(2-4-9)17-11(18)10-7-15-5-6-16-10/h1-7,12H,(H,17,18). The van der Waals surface area contributed by atoms with E-state index in [0.29, 0.717) is 5.69 Å². The Morgan fingerprint density at radius 2 is 1.95 bits per heavy atom. The summed E-state index contributed by atoms with van der Waals surface area (Å²) in [6, 6.07) is 5.56. The summed E-state index contributed by atoms with van der Waals surface area (Å²) in [5.41, 5.74) is 0.604. The summed E-state index contributed by atoms with van der Waals surface area (Å²) in [5, 5.41) is 2.55. The van der Waals surface area contributed by atoms with Gasteiger partial charge in [-0.15, -0.1) is 0 Å². The summed E-state index contributed by atoms with van der Waals surface area (Å²) >= 11 is 0. The van der Waals surface area contributed by atoms with Crippen molar-refractivity contribution in [3.63, 3.8) is 0 Å². The number of benzene rings is 1. The van der Waals surface area contributed by atoms with Crippen molar-refractivity contribution in [2.24, 2.45) is 0 Å². The van der Waals surface area contributed by atoms with Crippen molar-refractivity contribution in [2.75, 3.05) is 5.32 Å². The van der Waals surface area contributed by atoms with Gasteiger partial charge in [0, 0.05) is 18.1 Å². The van der Waals surface area contributed by atoms with E-state index < -0.39 is 12.5 Å². The first-order valence-corrected chi connectivity index (χ1v) is 5.27. The molecule has 1 aromatic carbocycles. The third-order valence-electron chi connectivity index (χ3n) is 2.13. The molecule has 0 saturated heterocycles. The van der Waals surface area contributed by atoms with E-state index in [4.69, 9.17) is 0 Å². The number of nitrogens with zero attached hydrogens (tertiary/aromatic N) is 2. The Bertz CT molecular complexity index is 547. The largest absolute Gasteiger partial charge is 0.435 e. The highest BCUT2D eigenvalue weighted by Crippen LogP contribution is 2.17. The number of alkyl halides is 2. The molecule has 0 spiro atoms. The van der Waals surface area contributed by atoms with Gasteiger partial charge in [0.25, 0.3) is 5.91 Å². The molecule has 1 aromatic heterocycles. The molecule has 1 heterocycles. The van der Waals surface area contributed by atoms with Gasteiger partial charge in [0.15, 0.2) is 0 Å². The van der Waals surface area contributed by atoms with Crippen molar-refractivity contribution >= 4 is 11.6 Å². The first kappa shape index (κ1) is 12.9. The van der Waals surface area contributed by atoms with Crippen LogP contribution in [0.3, 0.4) is 0 Å². The lowest BCUT2D eigenvalue weighted by molar-refractivity contribution is -0.0498. The molecule has 0 radical (unpaired) electrons. The Morgan fingerprint density at radius 3 is 2.53 bits per heavy atom. The van der Waals surface area contributed by atoms with Crippen molar-refractivity contribution < 1.29 is 18.3 Å². The fraction of sp³-hybridized carbons (Fsp3) is 0.0833. The number of carbonyl (C=O) groups is 1. The van der Waals surface area contributed by atoms with E-state index in [1.807, 2.05) is 0 Å². The molecule has 0 fully saturated rings. The van der Waals surface area contributed by atoms with Gasteiger partial charge in [0.2, 0.25) is 0 Å². The predicted molar refractivity (Wildman–Crippen MR) is 63.1 cm³/mol. The Kier molecular flexibility index (Phi) is 3.97. The van der Waals surface area contributed by atoms with Crippen molar-refractivity contribution in [1.29, 1.82) is 0 Å². The lowest BCUT2D eigenvalue weighted by atomic mass is 10.3. The molecule has 98 valence electrons. The first-order chi connectivity index (χ1) is 9.15. The second-order valence-electron chi connectivity index (χ2n) is 3.45. The zero-order valence-corrected chi connectivity index (χ0v) is 9.59. The Hall–Kier alpha value is -2.57. The molecule has 0 bridgehead atoms. The molecule has 1 amide bonds. The van der Waals surface area contributed by atoms with Crippen molar-refractivity contribution in [3.8, 4) is 5.75 Å². The van der Waals surface area contributed by atoms with Crippen LogP contribution in [-0.4, -0.2) is 22.5 Å². The maximum atomic E-state index is 11.9. The van der Waals surface area contributed by atoms with Gasteiger partial charge in [-0.1, -0.05) is 0 Å². The van der Waals surface area contributed by atoms with Crippen LogP contribution >= 0.6 is 0 Å². The molecule has 7 heteroatoms. The number of aromatic nitrogens is 2. The molecular formula is C12H9F2N3O2. The highest BCUT2D eigenvalue weighted by Gasteiger charge is 2.08. The summed E-state index contributed by atoms with van der Waals surface area (Å²) < 4.78 is 28.1. The molecule has 0 saturated carbocycles. The molecule has 0 aliphatic rings. The van der Waals surface area contributed by atoms with E-state index in [9.17, 15) is 13.6 Å². The third-order valence-corrected chi connectivity index (χ3v) is 2.13. The van der Waals surface area contributed by atoms with Crippen LogP contribution in [0.1, 0.15) is 10.5 Å². The van der Waals surface area contributed by atoms with E-state index in [1.54, 1.807) is 0 Å². The van der Waals surface area contributed by atoms with Gasteiger partial charge in [0.1, 0.15) is 11.4 Å². The molecule has 0 unspecified atom stereocenters. The highest BCUT2D eigenvalue weighted by molar-refractivity contribution is 6.02. The third kappa shape index (κ3) is 3.70. The van der Waals surface area contributed by atoms with Crippen LogP contribution < -0.4 is 10.1 Å². The predicted octanol–water partition coefficient (Wildman–Crippen LogP) is 2.33. The van der Waals surface area contributed by atoms with Crippen molar-refractivity contribution in [1.82, 2.24) is 9.97 Å². The van der Waals surface area contributed by atoms with Crippen LogP contribution in [0.2, 0.25) is 0 Å². The summed E-state index contributed by atoms with van der Waals surface area (Å²) in [7, 11) is 0. The van der Waals surface area contributed by atoms with E-state index in [0.717, 1.165) is 0 Å². The second-order valence-corrected chi connectivity index (χ2v) is 3.45. The number of rotatable bonds is 4. The number of ether oxygens (including phenoxy) is 1. The fourth-order valence-corrected chi connectivity index (χ4v) is 1.33. The minimum absolute atomic E-state index is 0.0208. The molecule has 2 aromatic rings. The minimum atomic E-state index is -2.87. The number of amides is 1. The number of hydrogen-bond donors (Lipinski definition) is 1. The summed E-state index contributed by atoms with van der Waals surface area (Å²) in [6.07, 6.45) is 4.17. The summed E-state index contributed by atoms with van der Waals surface area (Å²) in [6.45, 7) is -2.87. The number of carbonyl (C=O) groups excluding carboxylic acids is 1. The number of halogens is 2. The topological polar surface area (TPSA) is 64.1 Å². The molecule has 2 rings (SSSR count).